The summed E-state index contributed by atoms with van der Waals surface area (Å²) in [5.41, 5.74) is 6.65. The predicted molar refractivity (Wildman–Crippen MR) is 75.7 cm³/mol. The van der Waals surface area contributed by atoms with Crippen LogP contribution in [0.4, 0.5) is 10.7 Å². The Morgan fingerprint density at radius 1 is 1.53 bits per heavy atom. The zero-order valence-corrected chi connectivity index (χ0v) is 11.9. The highest BCUT2D eigenvalue weighted by molar-refractivity contribution is 7.19. The number of ketones is 1. The van der Waals surface area contributed by atoms with Crippen molar-refractivity contribution in [1.82, 2.24) is 0 Å². The van der Waals surface area contributed by atoms with Gasteiger partial charge in [0.2, 0.25) is 0 Å². The maximum Gasteiger partial charge on any atom is 0.171 e. The summed E-state index contributed by atoms with van der Waals surface area (Å²) in [4.78, 5) is 14.1. The van der Waals surface area contributed by atoms with Gasteiger partial charge < -0.3 is 15.4 Å². The van der Waals surface area contributed by atoms with Gasteiger partial charge in [0.1, 0.15) is 16.6 Å². The van der Waals surface area contributed by atoms with E-state index in [2.05, 4.69) is 11.0 Å². The molecule has 0 aliphatic carbocycles. The largest absolute Gasteiger partial charge is 0.396 e. The number of thiophene rings is 1. The van der Waals surface area contributed by atoms with E-state index in [0.717, 1.165) is 30.9 Å². The van der Waals surface area contributed by atoms with Crippen molar-refractivity contribution in [3.63, 3.8) is 0 Å². The van der Waals surface area contributed by atoms with Gasteiger partial charge in [0.05, 0.1) is 16.7 Å². The van der Waals surface area contributed by atoms with Gasteiger partial charge in [-0.25, -0.2) is 0 Å². The molecule has 5 nitrogen and oxygen atoms in total. The van der Waals surface area contributed by atoms with E-state index in [1.54, 1.807) is 7.11 Å². The van der Waals surface area contributed by atoms with Gasteiger partial charge in [-0.05, 0) is 12.8 Å². The Bertz CT molecular complexity index is 525. The van der Waals surface area contributed by atoms with Gasteiger partial charge in [-0.15, -0.1) is 11.3 Å². The van der Waals surface area contributed by atoms with Gasteiger partial charge in [-0.3, -0.25) is 4.79 Å². The Labute approximate surface area is 116 Å². The van der Waals surface area contributed by atoms with Gasteiger partial charge in [0.25, 0.3) is 0 Å². The smallest absolute Gasteiger partial charge is 0.171 e. The molecule has 6 heteroatoms. The molecule has 0 radical (unpaired) electrons. The topological polar surface area (TPSA) is 79.3 Å². The lowest BCUT2D eigenvalue weighted by molar-refractivity contribution is 0.0820. The molecule has 1 aliphatic heterocycles. The molecule has 0 amide bonds. The summed E-state index contributed by atoms with van der Waals surface area (Å²) in [6, 6.07) is 2.12. The van der Waals surface area contributed by atoms with E-state index in [-0.39, 0.29) is 11.9 Å². The molecule has 1 aliphatic rings. The summed E-state index contributed by atoms with van der Waals surface area (Å²) in [6.07, 6.45) is 2.13. The number of anilines is 2. The lowest BCUT2D eigenvalue weighted by atomic mass is 10.1. The standard InChI is InChI=1S/C13H17N3O2S/c1-8(17)12-11(15)10(7-14)13(19-12)16-5-3-9(18-2)4-6-16/h9H,3-6,15H2,1-2H3. The number of carbonyl (C=O) groups excluding carboxylic acids is 1. The van der Waals surface area contributed by atoms with Crippen LogP contribution in [0.2, 0.25) is 0 Å². The molecule has 0 spiro atoms. The Morgan fingerprint density at radius 2 is 2.16 bits per heavy atom. The van der Waals surface area contributed by atoms with Gasteiger partial charge in [0.15, 0.2) is 5.78 Å². The number of rotatable bonds is 3. The molecule has 1 fully saturated rings. The summed E-state index contributed by atoms with van der Waals surface area (Å²) in [5, 5.41) is 10.1. The van der Waals surface area contributed by atoms with E-state index in [1.165, 1.54) is 18.3 Å². The summed E-state index contributed by atoms with van der Waals surface area (Å²) in [5.74, 6) is -0.0861. The van der Waals surface area contributed by atoms with Crippen LogP contribution in [0.15, 0.2) is 0 Å². The number of nitrogens with zero attached hydrogens (tertiary/aromatic N) is 2. The molecule has 0 unspecified atom stereocenters. The molecule has 1 aromatic rings. The highest BCUT2D eigenvalue weighted by atomic mass is 32.1. The van der Waals surface area contributed by atoms with Gasteiger partial charge in [-0.1, -0.05) is 0 Å². The second kappa shape index (κ2) is 5.59. The van der Waals surface area contributed by atoms with E-state index >= 15 is 0 Å². The summed E-state index contributed by atoms with van der Waals surface area (Å²) in [7, 11) is 1.72. The summed E-state index contributed by atoms with van der Waals surface area (Å²) < 4.78 is 5.33. The van der Waals surface area contributed by atoms with Crippen molar-refractivity contribution < 1.29 is 9.53 Å². The van der Waals surface area contributed by atoms with E-state index in [9.17, 15) is 10.1 Å². The first-order valence-corrected chi connectivity index (χ1v) is 7.01. The van der Waals surface area contributed by atoms with Crippen LogP contribution >= 0.6 is 11.3 Å². The molecule has 0 atom stereocenters. The molecule has 2 heterocycles. The zero-order chi connectivity index (χ0) is 14.0. The van der Waals surface area contributed by atoms with Crippen LogP contribution < -0.4 is 10.6 Å². The lowest BCUT2D eigenvalue weighted by Crippen LogP contribution is -2.36. The number of methoxy groups -OCH3 is 1. The molecular weight excluding hydrogens is 262 g/mol. The normalized spacial score (nSPS) is 16.4. The fraction of sp³-hybridized carbons (Fsp3) is 0.538. The molecule has 102 valence electrons. The number of carbonyl (C=O) groups is 1. The zero-order valence-electron chi connectivity index (χ0n) is 11.1. The van der Waals surface area contributed by atoms with E-state index in [0.29, 0.717) is 16.1 Å². The summed E-state index contributed by atoms with van der Waals surface area (Å²) >= 11 is 1.32. The van der Waals surface area contributed by atoms with Crippen LogP contribution in [0, 0.1) is 11.3 Å². The second-order valence-electron chi connectivity index (χ2n) is 4.62. The second-order valence-corrected chi connectivity index (χ2v) is 5.61. The van der Waals surface area contributed by atoms with Gasteiger partial charge in [-0.2, -0.15) is 5.26 Å². The number of nitrogen functional groups attached to an aromatic ring is 1. The molecule has 19 heavy (non-hydrogen) atoms. The van der Waals surface area contributed by atoms with Gasteiger partial charge in [0, 0.05) is 27.1 Å². The number of nitrogens with two attached hydrogens (primary N) is 1. The average Bonchev–Trinajstić information content (AvgIpc) is 2.76. The van der Waals surface area contributed by atoms with E-state index < -0.39 is 0 Å². The monoisotopic (exact) mass is 279 g/mol. The number of hydrogen-bond acceptors (Lipinski definition) is 6. The van der Waals surface area contributed by atoms with Crippen LogP contribution in [-0.2, 0) is 4.74 Å². The Balaban J connectivity index is 2.28. The lowest BCUT2D eigenvalue weighted by Gasteiger charge is -2.32. The first kappa shape index (κ1) is 13.8. The van der Waals surface area contributed by atoms with Crippen molar-refractivity contribution in [2.75, 3.05) is 30.8 Å². The van der Waals surface area contributed by atoms with E-state index in [1.807, 2.05) is 0 Å². The third kappa shape index (κ3) is 2.57. The highest BCUT2D eigenvalue weighted by Crippen LogP contribution is 2.39. The molecular formula is C13H17N3O2S. The van der Waals surface area contributed by atoms with Crippen molar-refractivity contribution in [2.24, 2.45) is 0 Å². The van der Waals surface area contributed by atoms with Crippen molar-refractivity contribution in [3.05, 3.63) is 10.4 Å². The molecule has 1 aromatic heterocycles. The van der Waals surface area contributed by atoms with Crippen LogP contribution in [0.1, 0.15) is 35.0 Å². The minimum Gasteiger partial charge on any atom is -0.396 e. The minimum absolute atomic E-state index is 0.0861. The first-order chi connectivity index (χ1) is 9.08. The molecule has 2 N–H and O–H groups in total. The molecule has 1 saturated heterocycles. The van der Waals surface area contributed by atoms with E-state index in [4.69, 9.17) is 10.5 Å². The maximum absolute atomic E-state index is 11.5. The molecule has 2 rings (SSSR count). The predicted octanol–water partition coefficient (Wildman–Crippen LogP) is 2.02. The Hall–Kier alpha value is -1.58. The average molecular weight is 279 g/mol. The summed E-state index contributed by atoms with van der Waals surface area (Å²) in [6.45, 7) is 3.12. The number of piperidine rings is 1. The highest BCUT2D eigenvalue weighted by Gasteiger charge is 2.26. The maximum atomic E-state index is 11.5. The van der Waals surface area contributed by atoms with Crippen LogP contribution in [-0.4, -0.2) is 32.1 Å². The van der Waals surface area contributed by atoms with Gasteiger partial charge >= 0.3 is 0 Å². The fourth-order valence-electron chi connectivity index (χ4n) is 2.32. The SMILES string of the molecule is COC1CCN(c2sc(C(C)=O)c(N)c2C#N)CC1. The molecule has 0 aromatic carbocycles. The van der Waals surface area contributed by atoms with Crippen LogP contribution in [0.3, 0.4) is 0 Å². The van der Waals surface area contributed by atoms with Crippen molar-refractivity contribution >= 4 is 27.8 Å². The third-order valence-electron chi connectivity index (χ3n) is 3.42. The van der Waals surface area contributed by atoms with Crippen molar-refractivity contribution in [2.45, 2.75) is 25.9 Å². The third-order valence-corrected chi connectivity index (χ3v) is 4.79. The quantitative estimate of drug-likeness (QED) is 0.856. The minimum atomic E-state index is -0.0861. The molecule has 0 bridgehead atoms. The fourth-order valence-corrected chi connectivity index (χ4v) is 3.44. The molecule has 0 saturated carbocycles. The Morgan fingerprint density at radius 3 is 2.63 bits per heavy atom. The number of nitriles is 1. The van der Waals surface area contributed by atoms with Crippen LogP contribution in [0.5, 0.6) is 0 Å². The number of ether oxygens (including phenoxy) is 1. The number of Topliss-reactive ketones (excluding diaryl/α,β-unsaturated/α-hetero) is 1. The van der Waals surface area contributed by atoms with Crippen molar-refractivity contribution in [1.29, 1.82) is 5.26 Å². The van der Waals surface area contributed by atoms with Crippen molar-refractivity contribution in [3.8, 4) is 6.07 Å². The Kier molecular flexibility index (Phi) is 4.08. The van der Waals surface area contributed by atoms with Crippen LogP contribution in [0.25, 0.3) is 0 Å². The first-order valence-electron chi connectivity index (χ1n) is 6.19. The number of hydrogen-bond donors (Lipinski definition) is 1.